The summed E-state index contributed by atoms with van der Waals surface area (Å²) in [6.45, 7) is 2.11. The summed E-state index contributed by atoms with van der Waals surface area (Å²) in [5, 5.41) is 2.06. The SMILES string of the molecule is CCCC1CCC(NC(=O)C(F)(F)F)CC1. The van der Waals surface area contributed by atoms with Crippen LogP contribution in [0.15, 0.2) is 0 Å². The van der Waals surface area contributed by atoms with E-state index in [4.69, 9.17) is 0 Å². The maximum Gasteiger partial charge on any atom is 0.471 e. The summed E-state index contributed by atoms with van der Waals surface area (Å²) in [6.07, 6.45) is 0.705. The van der Waals surface area contributed by atoms with Gasteiger partial charge in [0.1, 0.15) is 0 Å². The third-order valence-electron chi connectivity index (χ3n) is 3.14. The lowest BCUT2D eigenvalue weighted by Crippen LogP contribution is -2.44. The molecule has 1 aliphatic carbocycles. The summed E-state index contributed by atoms with van der Waals surface area (Å²) in [4.78, 5) is 10.7. The number of alkyl halides is 3. The second kappa shape index (κ2) is 5.55. The molecule has 94 valence electrons. The van der Waals surface area contributed by atoms with Crippen LogP contribution in [0.25, 0.3) is 0 Å². The number of amides is 1. The van der Waals surface area contributed by atoms with Gasteiger partial charge < -0.3 is 5.32 Å². The van der Waals surface area contributed by atoms with Crippen molar-refractivity contribution in [3.8, 4) is 0 Å². The maximum atomic E-state index is 12.0. The summed E-state index contributed by atoms with van der Waals surface area (Å²) >= 11 is 0. The van der Waals surface area contributed by atoms with Gasteiger partial charge in [0.05, 0.1) is 0 Å². The largest absolute Gasteiger partial charge is 0.471 e. The highest BCUT2D eigenvalue weighted by molar-refractivity contribution is 5.81. The van der Waals surface area contributed by atoms with E-state index in [1.165, 1.54) is 0 Å². The molecule has 1 N–H and O–H groups in total. The van der Waals surface area contributed by atoms with Gasteiger partial charge in [-0.15, -0.1) is 0 Å². The topological polar surface area (TPSA) is 29.1 Å². The zero-order chi connectivity index (χ0) is 12.2. The molecule has 0 aliphatic heterocycles. The molecule has 0 atom stereocenters. The van der Waals surface area contributed by atoms with Crippen LogP contribution in [-0.4, -0.2) is 18.1 Å². The van der Waals surface area contributed by atoms with Crippen molar-refractivity contribution < 1.29 is 18.0 Å². The fourth-order valence-corrected chi connectivity index (χ4v) is 2.27. The van der Waals surface area contributed by atoms with E-state index in [1.54, 1.807) is 0 Å². The normalized spacial score (nSPS) is 26.5. The maximum absolute atomic E-state index is 12.0. The first kappa shape index (κ1) is 13.3. The lowest BCUT2D eigenvalue weighted by atomic mass is 9.83. The average Bonchev–Trinajstić information content (AvgIpc) is 2.20. The summed E-state index contributed by atoms with van der Waals surface area (Å²) in [6, 6.07) is -0.290. The van der Waals surface area contributed by atoms with Gasteiger partial charge in [0.15, 0.2) is 0 Å². The molecule has 5 heteroatoms. The third kappa shape index (κ3) is 4.02. The van der Waals surface area contributed by atoms with Gasteiger partial charge in [0, 0.05) is 6.04 Å². The van der Waals surface area contributed by atoms with Gasteiger partial charge in [-0.25, -0.2) is 0 Å². The van der Waals surface area contributed by atoms with E-state index >= 15 is 0 Å². The quantitative estimate of drug-likeness (QED) is 0.803. The van der Waals surface area contributed by atoms with Crippen LogP contribution in [0.4, 0.5) is 13.2 Å². The number of nitrogens with one attached hydrogen (secondary N) is 1. The first-order chi connectivity index (χ1) is 7.43. The lowest BCUT2D eigenvalue weighted by Gasteiger charge is -2.29. The first-order valence-electron chi connectivity index (χ1n) is 5.81. The van der Waals surface area contributed by atoms with E-state index in [0.29, 0.717) is 18.8 Å². The zero-order valence-electron chi connectivity index (χ0n) is 9.44. The molecular weight excluding hydrogens is 219 g/mol. The molecule has 1 amide bonds. The molecule has 16 heavy (non-hydrogen) atoms. The average molecular weight is 237 g/mol. The van der Waals surface area contributed by atoms with Crippen molar-refractivity contribution in [2.24, 2.45) is 5.92 Å². The van der Waals surface area contributed by atoms with Gasteiger partial charge >= 0.3 is 12.1 Å². The Morgan fingerprint density at radius 1 is 1.25 bits per heavy atom. The Balaban J connectivity index is 2.30. The second-order valence-electron chi connectivity index (χ2n) is 4.48. The van der Waals surface area contributed by atoms with Crippen LogP contribution in [0.2, 0.25) is 0 Å². The molecule has 0 aromatic carbocycles. The molecule has 1 saturated carbocycles. The molecule has 0 aromatic heterocycles. The smallest absolute Gasteiger partial charge is 0.346 e. The molecule has 0 saturated heterocycles. The number of carbonyl (C=O) groups is 1. The van der Waals surface area contributed by atoms with Crippen molar-refractivity contribution in [3.63, 3.8) is 0 Å². The van der Waals surface area contributed by atoms with Crippen LogP contribution in [0.5, 0.6) is 0 Å². The Morgan fingerprint density at radius 2 is 1.81 bits per heavy atom. The molecule has 0 aromatic rings. The molecule has 0 radical (unpaired) electrons. The van der Waals surface area contributed by atoms with Gasteiger partial charge in [-0.05, 0) is 31.6 Å². The molecule has 0 bridgehead atoms. The zero-order valence-corrected chi connectivity index (χ0v) is 9.44. The summed E-state index contributed by atoms with van der Waals surface area (Å²) < 4.78 is 36.0. The number of carbonyl (C=O) groups excluding carboxylic acids is 1. The minimum absolute atomic E-state index is 0.290. The highest BCUT2D eigenvalue weighted by atomic mass is 19.4. The van der Waals surface area contributed by atoms with Crippen LogP contribution >= 0.6 is 0 Å². The summed E-state index contributed by atoms with van der Waals surface area (Å²) in [7, 11) is 0. The molecular formula is C11H18F3NO. The van der Waals surface area contributed by atoms with Gasteiger partial charge in [-0.2, -0.15) is 13.2 Å². The van der Waals surface area contributed by atoms with Crippen molar-refractivity contribution in [1.29, 1.82) is 0 Å². The number of hydrogen-bond acceptors (Lipinski definition) is 1. The van der Waals surface area contributed by atoms with E-state index in [0.717, 1.165) is 25.7 Å². The van der Waals surface area contributed by atoms with Crippen molar-refractivity contribution in [2.75, 3.05) is 0 Å². The van der Waals surface area contributed by atoms with E-state index in [9.17, 15) is 18.0 Å². The van der Waals surface area contributed by atoms with Crippen LogP contribution < -0.4 is 5.32 Å². The Kier molecular flexibility index (Phi) is 4.62. The van der Waals surface area contributed by atoms with Gasteiger partial charge in [-0.3, -0.25) is 4.79 Å². The molecule has 1 fully saturated rings. The number of halogens is 3. The Morgan fingerprint density at radius 3 is 2.25 bits per heavy atom. The lowest BCUT2D eigenvalue weighted by molar-refractivity contribution is -0.174. The molecule has 0 spiro atoms. The van der Waals surface area contributed by atoms with Crippen molar-refractivity contribution in [3.05, 3.63) is 0 Å². The summed E-state index contributed by atoms with van der Waals surface area (Å²) in [5.41, 5.74) is 0. The first-order valence-corrected chi connectivity index (χ1v) is 5.81. The number of hydrogen-bond donors (Lipinski definition) is 1. The molecule has 0 unspecified atom stereocenters. The van der Waals surface area contributed by atoms with E-state index in [-0.39, 0.29) is 6.04 Å². The van der Waals surface area contributed by atoms with Crippen LogP contribution in [0.1, 0.15) is 45.4 Å². The van der Waals surface area contributed by atoms with Crippen molar-refractivity contribution >= 4 is 5.91 Å². The van der Waals surface area contributed by atoms with Gasteiger partial charge in [-0.1, -0.05) is 19.8 Å². The highest BCUT2D eigenvalue weighted by Gasteiger charge is 2.40. The standard InChI is InChI=1S/C11H18F3NO/c1-2-3-8-4-6-9(7-5-8)15-10(16)11(12,13)14/h8-9H,2-7H2,1H3,(H,15,16). The Labute approximate surface area is 93.6 Å². The third-order valence-corrected chi connectivity index (χ3v) is 3.14. The van der Waals surface area contributed by atoms with Crippen molar-refractivity contribution in [1.82, 2.24) is 5.32 Å². The van der Waals surface area contributed by atoms with Gasteiger partial charge in [0.25, 0.3) is 0 Å². The van der Waals surface area contributed by atoms with E-state index in [1.807, 2.05) is 0 Å². The Hall–Kier alpha value is -0.740. The number of rotatable bonds is 3. The van der Waals surface area contributed by atoms with Crippen LogP contribution in [-0.2, 0) is 4.79 Å². The fraction of sp³-hybridized carbons (Fsp3) is 0.909. The second-order valence-corrected chi connectivity index (χ2v) is 4.48. The highest BCUT2D eigenvalue weighted by Crippen LogP contribution is 2.28. The van der Waals surface area contributed by atoms with Crippen LogP contribution in [0, 0.1) is 5.92 Å². The minimum Gasteiger partial charge on any atom is -0.346 e. The molecule has 1 rings (SSSR count). The fourth-order valence-electron chi connectivity index (χ4n) is 2.27. The van der Waals surface area contributed by atoms with Crippen LogP contribution in [0.3, 0.4) is 0 Å². The molecule has 0 heterocycles. The monoisotopic (exact) mass is 237 g/mol. The van der Waals surface area contributed by atoms with E-state index < -0.39 is 12.1 Å². The minimum atomic E-state index is -4.75. The predicted molar refractivity (Wildman–Crippen MR) is 54.9 cm³/mol. The summed E-state index contributed by atoms with van der Waals surface area (Å²) in [5.74, 6) is -1.17. The van der Waals surface area contributed by atoms with Crippen molar-refractivity contribution in [2.45, 2.75) is 57.7 Å². The van der Waals surface area contributed by atoms with Gasteiger partial charge in [0.2, 0.25) is 0 Å². The van der Waals surface area contributed by atoms with E-state index in [2.05, 4.69) is 12.2 Å². The molecule has 1 aliphatic rings. The molecule has 2 nitrogen and oxygen atoms in total. The predicted octanol–water partition coefficient (Wildman–Crippen LogP) is 3.02. The Bertz CT molecular complexity index is 232.